The van der Waals surface area contributed by atoms with E-state index < -0.39 is 17.6 Å². The highest BCUT2D eigenvalue weighted by molar-refractivity contribution is 7.08. The number of hydrogen-bond acceptors (Lipinski definition) is 4. The minimum Gasteiger partial charge on any atom is -0.461 e. The molecule has 0 aliphatic rings. The molecule has 0 saturated carbocycles. The Balaban J connectivity index is 2.12. The number of nitrogens with zero attached hydrogens (tertiary/aromatic N) is 2. The van der Waals surface area contributed by atoms with Crippen molar-refractivity contribution in [1.82, 2.24) is 9.55 Å². The SMILES string of the molecule is CCOC(=O)c1nc(-c2ccsc2)n(-c2cccc(Cl)c2F)c1-c1ccc(F)c(Cl)c1. The van der Waals surface area contributed by atoms with E-state index >= 15 is 4.39 Å². The van der Waals surface area contributed by atoms with Crippen LogP contribution in [0, 0.1) is 11.6 Å². The fraction of sp³-hybridized carbons (Fsp3) is 0.0909. The van der Waals surface area contributed by atoms with Gasteiger partial charge in [-0.1, -0.05) is 29.3 Å². The van der Waals surface area contributed by atoms with Gasteiger partial charge in [-0.15, -0.1) is 0 Å². The molecule has 4 aromatic rings. The first kappa shape index (κ1) is 21.5. The average molecular weight is 479 g/mol. The maximum atomic E-state index is 15.1. The molecule has 0 amide bonds. The van der Waals surface area contributed by atoms with Gasteiger partial charge >= 0.3 is 5.97 Å². The molecule has 0 atom stereocenters. The van der Waals surface area contributed by atoms with Crippen LogP contribution in [0.2, 0.25) is 10.0 Å². The van der Waals surface area contributed by atoms with Crippen molar-refractivity contribution in [2.24, 2.45) is 0 Å². The van der Waals surface area contributed by atoms with Crippen LogP contribution in [0.15, 0.2) is 53.2 Å². The number of halogens is 4. The van der Waals surface area contributed by atoms with Crippen LogP contribution >= 0.6 is 34.5 Å². The molecule has 0 fully saturated rings. The lowest BCUT2D eigenvalue weighted by Gasteiger charge is -2.14. The zero-order valence-corrected chi connectivity index (χ0v) is 18.4. The fourth-order valence-electron chi connectivity index (χ4n) is 3.16. The molecule has 9 heteroatoms. The van der Waals surface area contributed by atoms with E-state index in [1.165, 1.54) is 46.2 Å². The molecule has 0 N–H and O–H groups in total. The van der Waals surface area contributed by atoms with Gasteiger partial charge < -0.3 is 4.74 Å². The summed E-state index contributed by atoms with van der Waals surface area (Å²) in [7, 11) is 0. The Morgan fingerprint density at radius 2 is 1.94 bits per heavy atom. The normalized spacial score (nSPS) is 11.0. The summed E-state index contributed by atoms with van der Waals surface area (Å²) in [6.07, 6.45) is 0. The van der Waals surface area contributed by atoms with Crippen molar-refractivity contribution in [3.63, 3.8) is 0 Å². The Bertz CT molecular complexity index is 1270. The summed E-state index contributed by atoms with van der Waals surface area (Å²) < 4.78 is 35.6. The molecule has 0 aliphatic carbocycles. The number of carbonyl (C=O) groups excluding carboxylic acids is 1. The minimum atomic E-state index is -0.699. The van der Waals surface area contributed by atoms with E-state index in [-0.39, 0.29) is 33.7 Å². The van der Waals surface area contributed by atoms with E-state index in [1.54, 1.807) is 19.1 Å². The number of aromatic nitrogens is 2. The lowest BCUT2D eigenvalue weighted by molar-refractivity contribution is 0.0521. The van der Waals surface area contributed by atoms with Gasteiger partial charge in [0, 0.05) is 16.5 Å². The summed E-state index contributed by atoms with van der Waals surface area (Å²) in [5, 5.41) is 3.41. The number of benzene rings is 2. The number of imidazole rings is 1. The third kappa shape index (κ3) is 3.96. The lowest BCUT2D eigenvalue weighted by Crippen LogP contribution is -2.08. The van der Waals surface area contributed by atoms with Gasteiger partial charge in [0.15, 0.2) is 11.5 Å². The van der Waals surface area contributed by atoms with E-state index in [0.29, 0.717) is 17.0 Å². The van der Waals surface area contributed by atoms with Crippen LogP contribution in [-0.4, -0.2) is 22.1 Å². The third-order valence-corrected chi connectivity index (χ3v) is 5.76. The molecule has 2 heterocycles. The molecule has 31 heavy (non-hydrogen) atoms. The topological polar surface area (TPSA) is 44.1 Å². The van der Waals surface area contributed by atoms with E-state index in [2.05, 4.69) is 4.98 Å². The van der Waals surface area contributed by atoms with Crippen molar-refractivity contribution in [3.8, 4) is 28.3 Å². The summed E-state index contributed by atoms with van der Waals surface area (Å²) >= 11 is 13.5. The molecule has 4 nitrogen and oxygen atoms in total. The van der Waals surface area contributed by atoms with Gasteiger partial charge in [0.1, 0.15) is 11.6 Å². The number of esters is 1. The molecule has 0 radical (unpaired) electrons. The first-order valence-corrected chi connectivity index (χ1v) is 10.8. The highest BCUT2D eigenvalue weighted by Gasteiger charge is 2.28. The second kappa shape index (κ2) is 8.78. The van der Waals surface area contributed by atoms with Gasteiger partial charge in [0.2, 0.25) is 0 Å². The number of thiophene rings is 1. The maximum Gasteiger partial charge on any atom is 0.359 e. The van der Waals surface area contributed by atoms with E-state index in [1.807, 2.05) is 10.8 Å². The van der Waals surface area contributed by atoms with Crippen molar-refractivity contribution < 1.29 is 18.3 Å². The summed E-state index contributed by atoms with van der Waals surface area (Å²) in [5.74, 6) is -1.71. The van der Waals surface area contributed by atoms with Crippen molar-refractivity contribution in [2.75, 3.05) is 6.61 Å². The van der Waals surface area contributed by atoms with Gasteiger partial charge in [0.05, 0.1) is 28.0 Å². The zero-order valence-electron chi connectivity index (χ0n) is 16.0. The summed E-state index contributed by atoms with van der Waals surface area (Å²) in [4.78, 5) is 17.3. The van der Waals surface area contributed by atoms with Crippen LogP contribution in [0.1, 0.15) is 17.4 Å². The molecule has 2 aromatic heterocycles. The second-order valence-electron chi connectivity index (χ2n) is 6.40. The van der Waals surface area contributed by atoms with Crippen molar-refractivity contribution >= 4 is 40.5 Å². The molecule has 0 aliphatic heterocycles. The van der Waals surface area contributed by atoms with Gasteiger partial charge in [-0.2, -0.15) is 11.3 Å². The Labute approximate surface area is 190 Å². The highest BCUT2D eigenvalue weighted by atomic mass is 35.5. The van der Waals surface area contributed by atoms with Gasteiger partial charge in [-0.25, -0.2) is 18.6 Å². The van der Waals surface area contributed by atoms with Crippen molar-refractivity contribution in [1.29, 1.82) is 0 Å². The number of rotatable bonds is 5. The first-order chi connectivity index (χ1) is 14.9. The number of hydrogen-bond donors (Lipinski definition) is 0. The molecule has 0 unspecified atom stereocenters. The quantitative estimate of drug-likeness (QED) is 0.289. The predicted molar refractivity (Wildman–Crippen MR) is 118 cm³/mol. The average Bonchev–Trinajstić information content (AvgIpc) is 3.40. The zero-order chi connectivity index (χ0) is 22.1. The Morgan fingerprint density at radius 1 is 1.13 bits per heavy atom. The van der Waals surface area contributed by atoms with Crippen LogP contribution < -0.4 is 0 Å². The fourth-order valence-corrected chi connectivity index (χ4v) is 4.14. The van der Waals surface area contributed by atoms with Crippen LogP contribution in [0.25, 0.3) is 28.3 Å². The summed E-state index contributed by atoms with van der Waals surface area (Å²) in [6.45, 7) is 1.79. The van der Waals surface area contributed by atoms with Crippen molar-refractivity contribution in [3.05, 3.63) is 80.6 Å². The minimum absolute atomic E-state index is 0.0508. The van der Waals surface area contributed by atoms with Crippen LogP contribution in [0.3, 0.4) is 0 Å². The van der Waals surface area contributed by atoms with Crippen LogP contribution in [0.5, 0.6) is 0 Å². The molecule has 0 saturated heterocycles. The molecular weight excluding hydrogens is 465 g/mol. The van der Waals surface area contributed by atoms with Crippen LogP contribution in [-0.2, 0) is 4.74 Å². The number of carbonyl (C=O) groups is 1. The summed E-state index contributed by atoms with van der Waals surface area (Å²) in [5.41, 5.74) is 1.26. The van der Waals surface area contributed by atoms with Gasteiger partial charge in [-0.3, -0.25) is 4.57 Å². The molecule has 0 spiro atoms. The standard InChI is InChI=1S/C22H14Cl2F2N2O2S/c1-2-30-22(29)19-20(12-6-7-16(25)15(24)10-12)28(17-5-3-4-14(23)18(17)26)21(27-19)13-8-9-31-11-13/h3-11H,2H2,1H3. The lowest BCUT2D eigenvalue weighted by atomic mass is 10.1. The molecule has 2 aromatic carbocycles. The third-order valence-electron chi connectivity index (χ3n) is 4.49. The van der Waals surface area contributed by atoms with E-state index in [0.717, 1.165) is 0 Å². The van der Waals surface area contributed by atoms with Crippen LogP contribution in [0.4, 0.5) is 8.78 Å². The maximum absolute atomic E-state index is 15.1. The molecular formula is C22H14Cl2F2N2O2S. The van der Waals surface area contributed by atoms with E-state index in [9.17, 15) is 9.18 Å². The van der Waals surface area contributed by atoms with Gasteiger partial charge in [0.25, 0.3) is 0 Å². The van der Waals surface area contributed by atoms with Gasteiger partial charge in [-0.05, 0) is 48.7 Å². The number of ether oxygens (including phenoxy) is 1. The Hall–Kier alpha value is -2.74. The summed E-state index contributed by atoms with van der Waals surface area (Å²) in [6, 6.07) is 10.3. The smallest absolute Gasteiger partial charge is 0.359 e. The Morgan fingerprint density at radius 3 is 2.61 bits per heavy atom. The highest BCUT2D eigenvalue weighted by Crippen LogP contribution is 2.37. The molecule has 0 bridgehead atoms. The molecule has 4 rings (SSSR count). The van der Waals surface area contributed by atoms with E-state index in [4.69, 9.17) is 27.9 Å². The first-order valence-electron chi connectivity index (χ1n) is 9.14. The van der Waals surface area contributed by atoms with Crippen molar-refractivity contribution in [2.45, 2.75) is 6.92 Å². The monoisotopic (exact) mass is 478 g/mol. The molecule has 158 valence electrons. The second-order valence-corrected chi connectivity index (χ2v) is 8.00. The predicted octanol–water partition coefficient (Wildman–Crippen LogP) is 7.03. The Kier molecular flexibility index (Phi) is 6.09. The largest absolute Gasteiger partial charge is 0.461 e.